The minimum Gasteiger partial charge on any atom is -0.313 e. The Labute approximate surface area is 108 Å². The molecule has 1 aliphatic heterocycles. The van der Waals surface area contributed by atoms with Crippen LogP contribution in [-0.4, -0.2) is 36.6 Å². The molecule has 0 bridgehead atoms. The summed E-state index contributed by atoms with van der Waals surface area (Å²) in [7, 11) is 0. The minimum absolute atomic E-state index is 0.686. The Balaban J connectivity index is 2.26. The van der Waals surface area contributed by atoms with Gasteiger partial charge in [0.1, 0.15) is 0 Å². The molecule has 2 heteroatoms. The third-order valence-corrected chi connectivity index (χ3v) is 3.82. The maximum absolute atomic E-state index is 3.66. The standard InChI is InChI=1S/C15H32N2/c1-13(2)8-7-11-17(14(3)4)12-15-9-5-6-10-16-15/h13-16H,5-12H2,1-4H3. The van der Waals surface area contributed by atoms with Crippen LogP contribution in [0, 0.1) is 5.92 Å². The van der Waals surface area contributed by atoms with E-state index in [2.05, 4.69) is 37.9 Å². The van der Waals surface area contributed by atoms with E-state index in [1.165, 1.54) is 51.7 Å². The third kappa shape index (κ3) is 6.42. The number of nitrogens with one attached hydrogen (secondary N) is 1. The molecule has 102 valence electrons. The van der Waals surface area contributed by atoms with Crippen molar-refractivity contribution < 1.29 is 0 Å². The van der Waals surface area contributed by atoms with E-state index in [1.54, 1.807) is 0 Å². The second-order valence-corrected chi connectivity index (χ2v) is 6.27. The van der Waals surface area contributed by atoms with Gasteiger partial charge in [0.25, 0.3) is 0 Å². The highest BCUT2D eigenvalue weighted by Gasteiger charge is 2.18. The first kappa shape index (κ1) is 15.0. The van der Waals surface area contributed by atoms with E-state index in [0.717, 1.165) is 12.0 Å². The molecule has 1 atom stereocenters. The molecule has 17 heavy (non-hydrogen) atoms. The molecule has 0 aromatic rings. The molecular formula is C15H32N2. The Morgan fingerprint density at radius 3 is 2.47 bits per heavy atom. The van der Waals surface area contributed by atoms with Crippen LogP contribution >= 0.6 is 0 Å². The molecule has 0 amide bonds. The summed E-state index contributed by atoms with van der Waals surface area (Å²) in [4.78, 5) is 2.66. The molecule has 0 spiro atoms. The van der Waals surface area contributed by atoms with Crippen LogP contribution < -0.4 is 5.32 Å². The lowest BCUT2D eigenvalue weighted by molar-refractivity contribution is 0.179. The maximum Gasteiger partial charge on any atom is 0.0195 e. The zero-order chi connectivity index (χ0) is 12.7. The normalized spacial score (nSPS) is 21.7. The van der Waals surface area contributed by atoms with Crippen LogP contribution in [0.15, 0.2) is 0 Å². The molecule has 2 nitrogen and oxygen atoms in total. The molecule has 1 N–H and O–H groups in total. The van der Waals surface area contributed by atoms with Crippen molar-refractivity contribution in [1.29, 1.82) is 0 Å². The molecular weight excluding hydrogens is 208 g/mol. The molecule has 0 aromatic carbocycles. The topological polar surface area (TPSA) is 15.3 Å². The van der Waals surface area contributed by atoms with Crippen molar-refractivity contribution in [3.63, 3.8) is 0 Å². The van der Waals surface area contributed by atoms with E-state index in [9.17, 15) is 0 Å². The first-order valence-electron chi connectivity index (χ1n) is 7.57. The van der Waals surface area contributed by atoms with Gasteiger partial charge in [0.15, 0.2) is 0 Å². The monoisotopic (exact) mass is 240 g/mol. The number of rotatable bonds is 7. The third-order valence-electron chi connectivity index (χ3n) is 3.82. The molecule has 0 saturated carbocycles. The van der Waals surface area contributed by atoms with Gasteiger partial charge in [0.2, 0.25) is 0 Å². The van der Waals surface area contributed by atoms with Gasteiger partial charge in [0, 0.05) is 18.6 Å². The lowest BCUT2D eigenvalue weighted by Crippen LogP contribution is -2.46. The van der Waals surface area contributed by atoms with Crippen LogP contribution in [0.5, 0.6) is 0 Å². The van der Waals surface area contributed by atoms with Gasteiger partial charge in [-0.15, -0.1) is 0 Å². The van der Waals surface area contributed by atoms with E-state index in [-0.39, 0.29) is 0 Å². The molecule has 1 saturated heterocycles. The number of hydrogen-bond acceptors (Lipinski definition) is 2. The van der Waals surface area contributed by atoms with Gasteiger partial charge in [-0.3, -0.25) is 4.90 Å². The smallest absolute Gasteiger partial charge is 0.0195 e. The maximum atomic E-state index is 3.66. The molecule has 0 aromatic heterocycles. The summed E-state index contributed by atoms with van der Waals surface area (Å²) in [6, 6.07) is 1.43. The second kappa shape index (κ2) is 8.10. The summed E-state index contributed by atoms with van der Waals surface area (Å²) in [5.41, 5.74) is 0. The van der Waals surface area contributed by atoms with Gasteiger partial charge in [-0.25, -0.2) is 0 Å². The molecule has 1 heterocycles. The Morgan fingerprint density at radius 2 is 1.94 bits per heavy atom. The zero-order valence-corrected chi connectivity index (χ0v) is 12.3. The van der Waals surface area contributed by atoms with Crippen molar-refractivity contribution in [2.75, 3.05) is 19.6 Å². The average Bonchev–Trinajstić information content (AvgIpc) is 2.28. The summed E-state index contributed by atoms with van der Waals surface area (Å²) in [5, 5.41) is 3.66. The van der Waals surface area contributed by atoms with Gasteiger partial charge in [-0.05, 0) is 58.5 Å². The lowest BCUT2D eigenvalue weighted by atomic mass is 10.0. The van der Waals surface area contributed by atoms with Gasteiger partial charge < -0.3 is 5.32 Å². The number of hydrogen-bond donors (Lipinski definition) is 1. The fourth-order valence-electron chi connectivity index (χ4n) is 2.63. The van der Waals surface area contributed by atoms with Gasteiger partial charge >= 0.3 is 0 Å². The zero-order valence-electron chi connectivity index (χ0n) is 12.3. The first-order chi connectivity index (χ1) is 8.09. The van der Waals surface area contributed by atoms with Crippen LogP contribution in [-0.2, 0) is 0 Å². The number of nitrogens with zero attached hydrogens (tertiary/aromatic N) is 1. The molecule has 0 aliphatic carbocycles. The highest BCUT2D eigenvalue weighted by Crippen LogP contribution is 2.12. The van der Waals surface area contributed by atoms with Crippen molar-refractivity contribution in [2.45, 2.75) is 71.9 Å². The van der Waals surface area contributed by atoms with Crippen molar-refractivity contribution in [2.24, 2.45) is 5.92 Å². The van der Waals surface area contributed by atoms with Crippen molar-refractivity contribution in [3.8, 4) is 0 Å². The van der Waals surface area contributed by atoms with Crippen LogP contribution in [0.1, 0.15) is 59.8 Å². The molecule has 1 aliphatic rings. The Bertz CT molecular complexity index is 183. The lowest BCUT2D eigenvalue weighted by Gasteiger charge is -2.33. The average molecular weight is 240 g/mol. The van der Waals surface area contributed by atoms with Gasteiger partial charge in [0.05, 0.1) is 0 Å². The molecule has 1 rings (SSSR count). The van der Waals surface area contributed by atoms with Crippen molar-refractivity contribution >= 4 is 0 Å². The molecule has 1 unspecified atom stereocenters. The Morgan fingerprint density at radius 1 is 1.18 bits per heavy atom. The Hall–Kier alpha value is -0.0800. The SMILES string of the molecule is CC(C)CCCN(CC1CCCCN1)C(C)C. The predicted molar refractivity (Wildman–Crippen MR) is 76.4 cm³/mol. The number of piperidine rings is 1. The predicted octanol–water partition coefficient (Wildman–Crippen LogP) is 3.28. The van der Waals surface area contributed by atoms with Crippen LogP contribution in [0.4, 0.5) is 0 Å². The summed E-state index contributed by atoms with van der Waals surface area (Å²) >= 11 is 0. The minimum atomic E-state index is 0.686. The molecule has 1 fully saturated rings. The van der Waals surface area contributed by atoms with E-state index in [4.69, 9.17) is 0 Å². The van der Waals surface area contributed by atoms with Gasteiger partial charge in [-0.1, -0.05) is 20.3 Å². The summed E-state index contributed by atoms with van der Waals surface area (Å²) in [6.07, 6.45) is 6.86. The van der Waals surface area contributed by atoms with Crippen molar-refractivity contribution in [3.05, 3.63) is 0 Å². The largest absolute Gasteiger partial charge is 0.313 e. The first-order valence-corrected chi connectivity index (χ1v) is 7.57. The van der Waals surface area contributed by atoms with Gasteiger partial charge in [-0.2, -0.15) is 0 Å². The van der Waals surface area contributed by atoms with Crippen LogP contribution in [0.3, 0.4) is 0 Å². The van der Waals surface area contributed by atoms with Crippen LogP contribution in [0.25, 0.3) is 0 Å². The molecule has 0 radical (unpaired) electrons. The van der Waals surface area contributed by atoms with E-state index in [0.29, 0.717) is 6.04 Å². The highest BCUT2D eigenvalue weighted by atomic mass is 15.2. The van der Waals surface area contributed by atoms with E-state index < -0.39 is 0 Å². The van der Waals surface area contributed by atoms with Crippen LogP contribution in [0.2, 0.25) is 0 Å². The summed E-state index contributed by atoms with van der Waals surface area (Å²) < 4.78 is 0. The Kier molecular flexibility index (Phi) is 7.14. The summed E-state index contributed by atoms with van der Waals surface area (Å²) in [6.45, 7) is 13.0. The van der Waals surface area contributed by atoms with E-state index in [1.807, 2.05) is 0 Å². The van der Waals surface area contributed by atoms with Crippen molar-refractivity contribution in [1.82, 2.24) is 10.2 Å². The fraction of sp³-hybridized carbons (Fsp3) is 1.00. The second-order valence-electron chi connectivity index (χ2n) is 6.27. The quantitative estimate of drug-likeness (QED) is 0.735. The highest BCUT2D eigenvalue weighted by molar-refractivity contribution is 4.77. The van der Waals surface area contributed by atoms with E-state index >= 15 is 0 Å². The fourth-order valence-corrected chi connectivity index (χ4v) is 2.63. The summed E-state index contributed by atoms with van der Waals surface area (Å²) in [5.74, 6) is 0.844.